The number of amides is 1. The van der Waals surface area contributed by atoms with Crippen molar-refractivity contribution in [3.8, 4) is 0 Å². The quantitative estimate of drug-likeness (QED) is 0.767. The van der Waals surface area contributed by atoms with Gasteiger partial charge in [-0.1, -0.05) is 25.3 Å². The van der Waals surface area contributed by atoms with Gasteiger partial charge in [0.05, 0.1) is 4.90 Å². The lowest BCUT2D eigenvalue weighted by Crippen LogP contribution is -2.36. The van der Waals surface area contributed by atoms with Crippen molar-refractivity contribution >= 4 is 15.7 Å². The minimum atomic E-state index is -3.82. The van der Waals surface area contributed by atoms with Gasteiger partial charge in [-0.3, -0.25) is 9.78 Å². The molecule has 3 rings (SSSR count). The van der Waals surface area contributed by atoms with E-state index < -0.39 is 20.9 Å². The van der Waals surface area contributed by atoms with Crippen molar-refractivity contribution in [2.75, 3.05) is 6.54 Å². The van der Waals surface area contributed by atoms with Crippen LogP contribution in [0.1, 0.15) is 42.9 Å². The van der Waals surface area contributed by atoms with Gasteiger partial charge in [-0.15, -0.1) is 0 Å². The van der Waals surface area contributed by atoms with Gasteiger partial charge in [0, 0.05) is 24.9 Å². The fraction of sp³-hybridized carbons (Fsp3) is 0.400. The molecule has 2 aromatic rings. The van der Waals surface area contributed by atoms with Gasteiger partial charge < -0.3 is 5.32 Å². The van der Waals surface area contributed by atoms with Crippen LogP contribution in [-0.4, -0.2) is 25.9 Å². The fourth-order valence-electron chi connectivity index (χ4n) is 3.46. The van der Waals surface area contributed by atoms with E-state index in [9.17, 15) is 17.6 Å². The summed E-state index contributed by atoms with van der Waals surface area (Å²) < 4.78 is 39.5. The van der Waals surface area contributed by atoms with Crippen LogP contribution in [0.15, 0.2) is 53.7 Å². The number of sulfone groups is 1. The van der Waals surface area contributed by atoms with E-state index in [-0.39, 0.29) is 23.3 Å². The van der Waals surface area contributed by atoms with Crippen LogP contribution in [0.4, 0.5) is 4.39 Å². The van der Waals surface area contributed by atoms with E-state index in [1.807, 2.05) is 0 Å². The highest BCUT2D eigenvalue weighted by Crippen LogP contribution is 2.29. The van der Waals surface area contributed by atoms with Gasteiger partial charge in [-0.25, -0.2) is 12.8 Å². The Bertz CT molecular complexity index is 864. The molecule has 0 bridgehead atoms. The fourth-order valence-corrected chi connectivity index (χ4v) is 5.11. The molecule has 0 unspecified atom stereocenters. The number of benzene rings is 1. The van der Waals surface area contributed by atoms with Crippen LogP contribution in [0, 0.1) is 11.7 Å². The molecule has 1 N–H and O–H groups in total. The van der Waals surface area contributed by atoms with Crippen molar-refractivity contribution in [1.29, 1.82) is 0 Å². The van der Waals surface area contributed by atoms with Crippen LogP contribution in [-0.2, 0) is 14.6 Å². The number of pyridine rings is 1. The van der Waals surface area contributed by atoms with Crippen LogP contribution in [0.5, 0.6) is 0 Å². The number of hydrogen-bond donors (Lipinski definition) is 1. The van der Waals surface area contributed by atoms with E-state index >= 15 is 0 Å². The lowest BCUT2D eigenvalue weighted by atomic mass is 9.88. The highest BCUT2D eigenvalue weighted by atomic mass is 32.2. The first kappa shape index (κ1) is 19.5. The zero-order valence-corrected chi connectivity index (χ0v) is 15.8. The third-order valence-corrected chi connectivity index (χ3v) is 7.13. The maximum absolute atomic E-state index is 13.2. The topological polar surface area (TPSA) is 76.1 Å². The van der Waals surface area contributed by atoms with Crippen molar-refractivity contribution in [2.45, 2.75) is 42.2 Å². The first-order chi connectivity index (χ1) is 13.0. The van der Waals surface area contributed by atoms with E-state index in [2.05, 4.69) is 10.3 Å². The first-order valence-electron chi connectivity index (χ1n) is 9.15. The van der Waals surface area contributed by atoms with Gasteiger partial charge >= 0.3 is 0 Å². The zero-order chi connectivity index (χ0) is 19.3. The molecular weight excluding hydrogens is 367 g/mol. The van der Waals surface area contributed by atoms with Gasteiger partial charge in [0.25, 0.3) is 0 Å². The van der Waals surface area contributed by atoms with Crippen LogP contribution >= 0.6 is 0 Å². The van der Waals surface area contributed by atoms with Gasteiger partial charge in [0.2, 0.25) is 5.91 Å². The van der Waals surface area contributed by atoms with Crippen molar-refractivity contribution in [3.05, 3.63) is 60.2 Å². The summed E-state index contributed by atoms with van der Waals surface area (Å²) in [5.41, 5.74) is 0.491. The summed E-state index contributed by atoms with van der Waals surface area (Å²) in [6.45, 7) is -0.0409. The number of hydrogen-bond acceptors (Lipinski definition) is 4. The Labute approximate surface area is 158 Å². The molecule has 0 radical (unpaired) electrons. The molecule has 144 valence electrons. The molecule has 1 aliphatic carbocycles. The molecule has 0 saturated heterocycles. The Morgan fingerprint density at radius 1 is 1.15 bits per heavy atom. The predicted octanol–water partition coefficient (Wildman–Crippen LogP) is 3.43. The molecule has 1 aliphatic rings. The summed E-state index contributed by atoms with van der Waals surface area (Å²) in [7, 11) is -3.82. The van der Waals surface area contributed by atoms with E-state index in [4.69, 9.17) is 0 Å². The summed E-state index contributed by atoms with van der Waals surface area (Å²) in [5.74, 6) is -0.655. The number of nitrogens with zero attached hydrogens (tertiary/aromatic N) is 1. The highest BCUT2D eigenvalue weighted by molar-refractivity contribution is 7.91. The molecule has 1 saturated carbocycles. The smallest absolute Gasteiger partial charge is 0.223 e. The Balaban J connectivity index is 1.83. The highest BCUT2D eigenvalue weighted by Gasteiger charge is 2.31. The minimum Gasteiger partial charge on any atom is -0.354 e. The molecule has 0 spiro atoms. The minimum absolute atomic E-state index is 0.0182. The third-order valence-electron chi connectivity index (χ3n) is 5.01. The lowest BCUT2D eigenvalue weighted by Gasteiger charge is -2.23. The summed E-state index contributed by atoms with van der Waals surface area (Å²) in [6, 6.07) is 8.06. The van der Waals surface area contributed by atoms with Gasteiger partial charge in [0.15, 0.2) is 9.84 Å². The molecule has 1 amide bonds. The van der Waals surface area contributed by atoms with Crippen LogP contribution < -0.4 is 5.32 Å². The molecule has 1 heterocycles. The van der Waals surface area contributed by atoms with Crippen molar-refractivity contribution in [2.24, 2.45) is 5.92 Å². The monoisotopic (exact) mass is 390 g/mol. The third kappa shape index (κ3) is 4.71. The zero-order valence-electron chi connectivity index (χ0n) is 15.0. The number of rotatable bonds is 6. The Morgan fingerprint density at radius 3 is 2.48 bits per heavy atom. The Hall–Kier alpha value is -2.28. The SMILES string of the molecule is O=C(NC[C@H](c1cccnc1)S(=O)(=O)c1ccc(F)cc1)C1CCCCC1. The van der Waals surface area contributed by atoms with Crippen molar-refractivity contribution in [3.63, 3.8) is 0 Å². The van der Waals surface area contributed by atoms with Gasteiger partial charge in [-0.05, 0) is 48.7 Å². The number of aromatic nitrogens is 1. The van der Waals surface area contributed by atoms with Crippen LogP contribution in [0.25, 0.3) is 0 Å². The molecule has 1 atom stereocenters. The maximum Gasteiger partial charge on any atom is 0.223 e. The van der Waals surface area contributed by atoms with E-state index in [0.717, 1.165) is 44.2 Å². The summed E-state index contributed by atoms with van der Waals surface area (Å²) in [5, 5.41) is 1.84. The van der Waals surface area contributed by atoms with Gasteiger partial charge in [0.1, 0.15) is 11.1 Å². The Kier molecular flexibility index (Phi) is 6.21. The predicted molar refractivity (Wildman–Crippen MR) is 100 cm³/mol. The van der Waals surface area contributed by atoms with E-state index in [0.29, 0.717) is 5.56 Å². The number of nitrogens with one attached hydrogen (secondary N) is 1. The normalized spacial score (nSPS) is 16.6. The van der Waals surface area contributed by atoms with Crippen LogP contribution in [0.3, 0.4) is 0 Å². The van der Waals surface area contributed by atoms with Crippen molar-refractivity contribution in [1.82, 2.24) is 10.3 Å². The number of carbonyl (C=O) groups is 1. The largest absolute Gasteiger partial charge is 0.354 e. The molecule has 1 aromatic heterocycles. The summed E-state index contributed by atoms with van der Waals surface area (Å²) in [4.78, 5) is 16.5. The second kappa shape index (κ2) is 8.61. The molecule has 5 nitrogen and oxygen atoms in total. The lowest BCUT2D eigenvalue weighted by molar-refractivity contribution is -0.125. The van der Waals surface area contributed by atoms with Gasteiger partial charge in [-0.2, -0.15) is 0 Å². The maximum atomic E-state index is 13.2. The summed E-state index contributed by atoms with van der Waals surface area (Å²) >= 11 is 0. The first-order valence-corrected chi connectivity index (χ1v) is 10.7. The van der Waals surface area contributed by atoms with Crippen LogP contribution in [0.2, 0.25) is 0 Å². The average Bonchev–Trinajstić information content (AvgIpc) is 2.69. The van der Waals surface area contributed by atoms with E-state index in [1.54, 1.807) is 18.3 Å². The summed E-state index contributed by atoms with van der Waals surface area (Å²) in [6.07, 6.45) is 7.92. The molecule has 1 aromatic carbocycles. The second-order valence-corrected chi connectivity index (χ2v) is 8.98. The standard InChI is InChI=1S/C20H23FN2O3S/c21-17-8-10-18(11-9-17)27(25,26)19(16-7-4-12-22-13-16)14-23-20(24)15-5-2-1-3-6-15/h4,7-13,15,19H,1-3,5-6,14H2,(H,23,24)/t19-/m1/s1. The van der Waals surface area contributed by atoms with Crippen molar-refractivity contribution < 1.29 is 17.6 Å². The molecular formula is C20H23FN2O3S. The molecule has 7 heteroatoms. The Morgan fingerprint density at radius 2 is 1.85 bits per heavy atom. The molecule has 1 fully saturated rings. The molecule has 27 heavy (non-hydrogen) atoms. The van der Waals surface area contributed by atoms with E-state index in [1.165, 1.54) is 18.3 Å². The number of halogens is 1. The number of carbonyl (C=O) groups excluding carboxylic acids is 1. The molecule has 0 aliphatic heterocycles. The average molecular weight is 390 g/mol. The second-order valence-electron chi connectivity index (χ2n) is 6.85.